The molecule has 0 unspecified atom stereocenters. The summed E-state index contributed by atoms with van der Waals surface area (Å²) in [6.07, 6.45) is 11.6. The van der Waals surface area contributed by atoms with Crippen LogP contribution in [-0.2, 0) is 0 Å². The van der Waals surface area contributed by atoms with Gasteiger partial charge < -0.3 is 20.4 Å². The second kappa shape index (κ2) is 11.3. The Balaban J connectivity index is 1.09. The van der Waals surface area contributed by atoms with Crippen LogP contribution < -0.4 is 20.4 Å². The Morgan fingerprint density at radius 1 is 0.943 bits per heavy atom. The Morgan fingerprint density at radius 3 is 2.60 bits per heavy atom. The molecular weight excluding hydrogens is 438 g/mol. The van der Waals surface area contributed by atoms with Crippen LogP contribution in [0.25, 0.3) is 0 Å². The van der Waals surface area contributed by atoms with E-state index in [9.17, 15) is 4.79 Å². The maximum atomic E-state index is 12.5. The van der Waals surface area contributed by atoms with E-state index in [1.54, 1.807) is 24.5 Å². The molecule has 1 amide bonds. The lowest BCUT2D eigenvalue weighted by molar-refractivity contribution is 0.102. The zero-order valence-corrected chi connectivity index (χ0v) is 20.0. The topological polar surface area (TPSA) is 86.3 Å². The standard InChI is InChI=1S/C27H33N7O/c35-26(22-6-2-11-28-19-22)32-24-7-1-8-25(17-24)33-15-9-23(10-16-33)31-18-21-5-3-14-34(20-21)27-29-12-4-13-30-27/h1-2,4,6-8,11-13,17,19,21,23,31H,3,5,9-10,14-16,18,20H2,(H,32,35)/t21-/m1/s1. The van der Waals surface area contributed by atoms with E-state index in [0.717, 1.165) is 62.9 Å². The van der Waals surface area contributed by atoms with E-state index in [-0.39, 0.29) is 5.91 Å². The molecule has 2 aromatic heterocycles. The maximum Gasteiger partial charge on any atom is 0.257 e. The van der Waals surface area contributed by atoms with E-state index in [1.165, 1.54) is 12.8 Å². The van der Waals surface area contributed by atoms with Crippen molar-refractivity contribution in [3.63, 3.8) is 0 Å². The zero-order valence-electron chi connectivity index (χ0n) is 20.0. The molecule has 2 saturated heterocycles. The number of amides is 1. The molecule has 4 heterocycles. The third kappa shape index (κ3) is 6.14. The monoisotopic (exact) mass is 471 g/mol. The van der Waals surface area contributed by atoms with Crippen LogP contribution in [0.2, 0.25) is 0 Å². The fraction of sp³-hybridized carbons (Fsp3) is 0.407. The molecule has 0 saturated carbocycles. The van der Waals surface area contributed by atoms with Gasteiger partial charge >= 0.3 is 0 Å². The van der Waals surface area contributed by atoms with Gasteiger partial charge in [0.25, 0.3) is 5.91 Å². The second-order valence-electron chi connectivity index (χ2n) is 9.42. The molecule has 182 valence electrons. The normalized spacial score (nSPS) is 18.9. The molecule has 0 radical (unpaired) electrons. The largest absolute Gasteiger partial charge is 0.371 e. The molecular formula is C27H33N7O. The summed E-state index contributed by atoms with van der Waals surface area (Å²) in [6.45, 7) is 5.12. The highest BCUT2D eigenvalue weighted by Crippen LogP contribution is 2.24. The molecule has 2 fully saturated rings. The van der Waals surface area contributed by atoms with E-state index in [1.807, 2.05) is 30.6 Å². The summed E-state index contributed by atoms with van der Waals surface area (Å²) in [5.74, 6) is 1.34. The van der Waals surface area contributed by atoms with E-state index >= 15 is 0 Å². The molecule has 2 aliphatic heterocycles. The molecule has 5 rings (SSSR count). The van der Waals surface area contributed by atoms with Gasteiger partial charge in [-0.05, 0) is 74.5 Å². The maximum absolute atomic E-state index is 12.5. The van der Waals surface area contributed by atoms with Gasteiger partial charge in [0.2, 0.25) is 5.95 Å². The van der Waals surface area contributed by atoms with E-state index in [2.05, 4.69) is 47.5 Å². The number of benzene rings is 1. The first kappa shape index (κ1) is 23.2. The molecule has 8 nitrogen and oxygen atoms in total. The highest BCUT2D eigenvalue weighted by Gasteiger charge is 2.24. The lowest BCUT2D eigenvalue weighted by Crippen LogP contribution is -2.46. The second-order valence-corrected chi connectivity index (χ2v) is 9.42. The Morgan fingerprint density at radius 2 is 1.80 bits per heavy atom. The van der Waals surface area contributed by atoms with Gasteiger partial charge in [-0.3, -0.25) is 9.78 Å². The van der Waals surface area contributed by atoms with Gasteiger partial charge in [0.15, 0.2) is 0 Å². The number of hydrogen-bond acceptors (Lipinski definition) is 7. The van der Waals surface area contributed by atoms with E-state index < -0.39 is 0 Å². The van der Waals surface area contributed by atoms with Crippen LogP contribution in [0, 0.1) is 5.92 Å². The first-order valence-corrected chi connectivity index (χ1v) is 12.6. The molecule has 2 aliphatic rings. The third-order valence-electron chi connectivity index (χ3n) is 6.94. The highest BCUT2D eigenvalue weighted by molar-refractivity contribution is 6.04. The Bertz CT molecular complexity index is 1090. The number of rotatable bonds is 7. The summed E-state index contributed by atoms with van der Waals surface area (Å²) in [7, 11) is 0. The van der Waals surface area contributed by atoms with E-state index in [4.69, 9.17) is 0 Å². The van der Waals surface area contributed by atoms with Crippen molar-refractivity contribution in [2.75, 3.05) is 47.8 Å². The van der Waals surface area contributed by atoms with Crippen LogP contribution in [0.5, 0.6) is 0 Å². The van der Waals surface area contributed by atoms with Crippen molar-refractivity contribution in [3.05, 3.63) is 72.8 Å². The summed E-state index contributed by atoms with van der Waals surface area (Å²) in [5, 5.41) is 6.82. The number of hydrogen-bond donors (Lipinski definition) is 2. The summed E-state index contributed by atoms with van der Waals surface area (Å²) in [6, 6.07) is 14.1. The van der Waals surface area contributed by atoms with Crippen LogP contribution in [0.4, 0.5) is 17.3 Å². The fourth-order valence-electron chi connectivity index (χ4n) is 5.02. The summed E-state index contributed by atoms with van der Waals surface area (Å²) < 4.78 is 0. The molecule has 3 aromatic rings. The van der Waals surface area contributed by atoms with Crippen LogP contribution in [-0.4, -0.2) is 59.6 Å². The van der Waals surface area contributed by atoms with Crippen molar-refractivity contribution < 1.29 is 4.79 Å². The van der Waals surface area contributed by atoms with Crippen molar-refractivity contribution in [1.82, 2.24) is 20.3 Å². The Labute approximate surface area is 206 Å². The smallest absolute Gasteiger partial charge is 0.257 e. The predicted molar refractivity (Wildman–Crippen MR) is 139 cm³/mol. The third-order valence-corrected chi connectivity index (χ3v) is 6.94. The molecule has 35 heavy (non-hydrogen) atoms. The highest BCUT2D eigenvalue weighted by atomic mass is 16.1. The van der Waals surface area contributed by atoms with Gasteiger partial charge in [-0.25, -0.2) is 9.97 Å². The zero-order chi connectivity index (χ0) is 23.9. The first-order valence-electron chi connectivity index (χ1n) is 12.6. The number of carbonyl (C=O) groups excluding carboxylic acids is 1. The van der Waals surface area contributed by atoms with Gasteiger partial charge in [-0.1, -0.05) is 6.07 Å². The van der Waals surface area contributed by atoms with Gasteiger partial charge in [-0.2, -0.15) is 0 Å². The summed E-state index contributed by atoms with van der Waals surface area (Å²) in [4.78, 5) is 30.1. The average Bonchev–Trinajstić information content (AvgIpc) is 2.93. The number of piperidine rings is 2. The number of anilines is 3. The van der Waals surface area contributed by atoms with Gasteiger partial charge in [-0.15, -0.1) is 0 Å². The van der Waals surface area contributed by atoms with Crippen LogP contribution in [0.15, 0.2) is 67.3 Å². The SMILES string of the molecule is O=C(Nc1cccc(N2CCC(NC[C@H]3CCCN(c4ncccn4)C3)CC2)c1)c1cccnc1. The van der Waals surface area contributed by atoms with Gasteiger partial charge in [0.1, 0.15) is 0 Å². The molecule has 0 spiro atoms. The average molecular weight is 472 g/mol. The number of pyridine rings is 1. The number of carbonyl (C=O) groups is 1. The summed E-state index contributed by atoms with van der Waals surface area (Å²) >= 11 is 0. The lowest BCUT2D eigenvalue weighted by atomic mass is 9.96. The molecule has 0 aliphatic carbocycles. The van der Waals surface area contributed by atoms with Crippen LogP contribution in [0.3, 0.4) is 0 Å². The minimum atomic E-state index is -0.140. The first-order chi connectivity index (χ1) is 17.2. The minimum absolute atomic E-state index is 0.140. The number of nitrogens with one attached hydrogen (secondary N) is 2. The van der Waals surface area contributed by atoms with Crippen molar-refractivity contribution in [2.24, 2.45) is 5.92 Å². The van der Waals surface area contributed by atoms with Gasteiger partial charge in [0.05, 0.1) is 5.56 Å². The number of nitrogens with zero attached hydrogens (tertiary/aromatic N) is 5. The van der Waals surface area contributed by atoms with Gasteiger partial charge in [0, 0.05) is 68.4 Å². The molecule has 1 aromatic carbocycles. The van der Waals surface area contributed by atoms with Crippen LogP contribution in [0.1, 0.15) is 36.0 Å². The molecule has 0 bridgehead atoms. The van der Waals surface area contributed by atoms with Crippen molar-refractivity contribution >= 4 is 23.2 Å². The van der Waals surface area contributed by atoms with Crippen LogP contribution >= 0.6 is 0 Å². The Hall–Kier alpha value is -3.52. The quantitative estimate of drug-likeness (QED) is 0.545. The molecule has 8 heteroatoms. The Kier molecular flexibility index (Phi) is 7.48. The van der Waals surface area contributed by atoms with E-state index in [0.29, 0.717) is 17.5 Å². The predicted octanol–water partition coefficient (Wildman–Crippen LogP) is 3.60. The molecule has 1 atom stereocenters. The fourth-order valence-corrected chi connectivity index (χ4v) is 5.02. The van der Waals surface area contributed by atoms with Crippen molar-refractivity contribution in [1.29, 1.82) is 0 Å². The minimum Gasteiger partial charge on any atom is -0.371 e. The van der Waals surface area contributed by atoms with Crippen molar-refractivity contribution in [2.45, 2.75) is 31.7 Å². The molecule has 2 N–H and O–H groups in total. The lowest BCUT2D eigenvalue weighted by Gasteiger charge is -2.36. The summed E-state index contributed by atoms with van der Waals surface area (Å²) in [5.41, 5.74) is 2.52. The number of aromatic nitrogens is 3. The van der Waals surface area contributed by atoms with Crippen molar-refractivity contribution in [3.8, 4) is 0 Å².